The summed E-state index contributed by atoms with van der Waals surface area (Å²) in [6.45, 7) is 3.43. The summed E-state index contributed by atoms with van der Waals surface area (Å²) in [4.78, 5) is 0. The molecule has 0 aliphatic carbocycles. The maximum Gasteiger partial charge on any atom is 0.130 e. The number of nitriles is 2. The second kappa shape index (κ2) is 7.22. The first-order valence-electron chi connectivity index (χ1n) is 5.48. The molecule has 0 bridgehead atoms. The van der Waals surface area contributed by atoms with Crippen molar-refractivity contribution in [3.8, 4) is 12.1 Å². The lowest BCUT2D eigenvalue weighted by molar-refractivity contribution is 0.121. The van der Waals surface area contributed by atoms with Crippen molar-refractivity contribution in [2.45, 2.75) is 20.0 Å². The van der Waals surface area contributed by atoms with Gasteiger partial charge in [0.05, 0.1) is 6.61 Å². The maximum atomic E-state index is 8.62. The first kappa shape index (κ1) is 13.0. The molecule has 0 saturated carbocycles. The predicted molar refractivity (Wildman–Crippen MR) is 65.6 cm³/mol. The highest BCUT2D eigenvalue weighted by Crippen LogP contribution is 2.09. The molecule has 3 heteroatoms. The molecule has 0 spiro atoms. The van der Waals surface area contributed by atoms with Crippen LogP contribution in [-0.4, -0.2) is 6.61 Å². The Morgan fingerprint density at radius 3 is 2.41 bits per heavy atom. The van der Waals surface area contributed by atoms with Crippen LogP contribution >= 0.6 is 0 Å². The van der Waals surface area contributed by atoms with E-state index in [1.54, 1.807) is 6.08 Å². The van der Waals surface area contributed by atoms with Gasteiger partial charge in [-0.3, -0.25) is 0 Å². The normalized spacial score (nSPS) is 9.12. The lowest BCUT2D eigenvalue weighted by atomic mass is 10.1. The molecule has 1 aromatic rings. The molecule has 0 unspecified atom stereocenters. The lowest BCUT2D eigenvalue weighted by Crippen LogP contribution is -1.93. The summed E-state index contributed by atoms with van der Waals surface area (Å²) < 4.78 is 5.41. The third-order valence-electron chi connectivity index (χ3n) is 2.15. The molecule has 0 fully saturated rings. The molecule has 0 aliphatic rings. The molecule has 0 atom stereocenters. The van der Waals surface area contributed by atoms with Crippen LogP contribution in [0.4, 0.5) is 0 Å². The summed E-state index contributed by atoms with van der Waals surface area (Å²) >= 11 is 0. The molecule has 3 nitrogen and oxygen atoms in total. The molecule has 0 radical (unpaired) electrons. The van der Waals surface area contributed by atoms with E-state index in [0.717, 1.165) is 24.2 Å². The number of ether oxygens (including phenoxy) is 1. The van der Waals surface area contributed by atoms with Gasteiger partial charge in [-0.05, 0) is 23.6 Å². The fourth-order valence-corrected chi connectivity index (χ4v) is 1.30. The summed E-state index contributed by atoms with van der Waals surface area (Å²) in [5.41, 5.74) is 2.05. The van der Waals surface area contributed by atoms with Crippen molar-refractivity contribution >= 4 is 6.08 Å². The Balaban J connectivity index is 2.66. The topological polar surface area (TPSA) is 56.8 Å². The van der Waals surface area contributed by atoms with Crippen LogP contribution in [0.5, 0.6) is 0 Å². The molecule has 17 heavy (non-hydrogen) atoms. The summed E-state index contributed by atoms with van der Waals surface area (Å²) in [6, 6.07) is 11.3. The highest BCUT2D eigenvalue weighted by molar-refractivity contribution is 5.61. The SMILES string of the molecule is CCCOCc1ccc(C=C(C#N)C#N)cc1. The first-order valence-corrected chi connectivity index (χ1v) is 5.48. The van der Waals surface area contributed by atoms with Crippen molar-refractivity contribution in [2.24, 2.45) is 0 Å². The number of hydrogen-bond acceptors (Lipinski definition) is 3. The van der Waals surface area contributed by atoms with Gasteiger partial charge in [0, 0.05) is 6.61 Å². The number of hydrogen-bond donors (Lipinski definition) is 0. The Labute approximate surface area is 102 Å². The molecule has 0 aromatic heterocycles. The lowest BCUT2D eigenvalue weighted by Gasteiger charge is -2.02. The van der Waals surface area contributed by atoms with E-state index in [1.807, 2.05) is 36.4 Å². The van der Waals surface area contributed by atoms with Crippen LogP contribution in [0.15, 0.2) is 29.8 Å². The Kier molecular flexibility index (Phi) is 5.51. The van der Waals surface area contributed by atoms with E-state index in [1.165, 1.54) is 0 Å². The van der Waals surface area contributed by atoms with Gasteiger partial charge in [0.15, 0.2) is 0 Å². The maximum absolute atomic E-state index is 8.62. The van der Waals surface area contributed by atoms with Crippen LogP contribution in [0, 0.1) is 22.7 Å². The Morgan fingerprint density at radius 2 is 1.88 bits per heavy atom. The van der Waals surface area contributed by atoms with Crippen LogP contribution in [-0.2, 0) is 11.3 Å². The zero-order valence-corrected chi connectivity index (χ0v) is 9.81. The minimum atomic E-state index is 0.111. The molecular weight excluding hydrogens is 212 g/mol. The first-order chi connectivity index (χ1) is 8.30. The van der Waals surface area contributed by atoms with E-state index in [-0.39, 0.29) is 5.57 Å². The number of rotatable bonds is 5. The third kappa shape index (κ3) is 4.51. The molecule has 86 valence electrons. The van der Waals surface area contributed by atoms with Gasteiger partial charge in [-0.2, -0.15) is 10.5 Å². The van der Waals surface area contributed by atoms with Gasteiger partial charge in [-0.15, -0.1) is 0 Å². The molecule has 1 rings (SSSR count). The molecule has 0 aliphatic heterocycles. The van der Waals surface area contributed by atoms with Gasteiger partial charge < -0.3 is 4.74 Å². The minimum Gasteiger partial charge on any atom is -0.377 e. The number of benzene rings is 1. The van der Waals surface area contributed by atoms with Crippen molar-refractivity contribution < 1.29 is 4.74 Å². The van der Waals surface area contributed by atoms with Gasteiger partial charge in [0.2, 0.25) is 0 Å². The Morgan fingerprint density at radius 1 is 1.24 bits per heavy atom. The van der Waals surface area contributed by atoms with Crippen molar-refractivity contribution in [1.82, 2.24) is 0 Å². The predicted octanol–water partition coefficient (Wildman–Crippen LogP) is 3.04. The van der Waals surface area contributed by atoms with E-state index in [9.17, 15) is 0 Å². The average Bonchev–Trinajstić information content (AvgIpc) is 2.38. The van der Waals surface area contributed by atoms with Gasteiger partial charge in [-0.25, -0.2) is 0 Å². The van der Waals surface area contributed by atoms with Crippen LogP contribution < -0.4 is 0 Å². The molecule has 1 aromatic carbocycles. The molecule has 0 N–H and O–H groups in total. The zero-order chi connectivity index (χ0) is 12.5. The summed E-state index contributed by atoms with van der Waals surface area (Å²) in [7, 11) is 0. The zero-order valence-electron chi connectivity index (χ0n) is 9.81. The molecular formula is C14H14N2O. The fraction of sp³-hybridized carbons (Fsp3) is 0.286. The van der Waals surface area contributed by atoms with Gasteiger partial charge >= 0.3 is 0 Å². The van der Waals surface area contributed by atoms with E-state index in [0.29, 0.717) is 6.61 Å². The van der Waals surface area contributed by atoms with E-state index < -0.39 is 0 Å². The summed E-state index contributed by atoms with van der Waals surface area (Å²) in [5.74, 6) is 0. The largest absolute Gasteiger partial charge is 0.377 e. The average molecular weight is 226 g/mol. The smallest absolute Gasteiger partial charge is 0.130 e. The number of allylic oxidation sites excluding steroid dienone is 1. The van der Waals surface area contributed by atoms with Crippen LogP contribution in [0.25, 0.3) is 6.08 Å². The van der Waals surface area contributed by atoms with Crippen LogP contribution in [0.1, 0.15) is 24.5 Å². The van der Waals surface area contributed by atoms with E-state index in [4.69, 9.17) is 15.3 Å². The second-order valence-electron chi connectivity index (χ2n) is 3.58. The van der Waals surface area contributed by atoms with E-state index >= 15 is 0 Å². The van der Waals surface area contributed by atoms with E-state index in [2.05, 4.69) is 6.92 Å². The highest BCUT2D eigenvalue weighted by Gasteiger charge is 1.96. The Bertz CT molecular complexity index is 444. The molecule has 0 amide bonds. The summed E-state index contributed by atoms with van der Waals surface area (Å²) in [5, 5.41) is 17.2. The third-order valence-corrected chi connectivity index (χ3v) is 2.15. The van der Waals surface area contributed by atoms with Gasteiger partial charge in [-0.1, -0.05) is 31.2 Å². The van der Waals surface area contributed by atoms with Gasteiger partial charge in [0.1, 0.15) is 17.7 Å². The quantitative estimate of drug-likeness (QED) is 0.572. The standard InChI is InChI=1S/C14H14N2O/c1-2-7-17-11-13-5-3-12(4-6-13)8-14(9-15)10-16/h3-6,8H,2,7,11H2,1H3. The number of nitrogens with zero attached hydrogens (tertiary/aromatic N) is 2. The monoisotopic (exact) mass is 226 g/mol. The molecule has 0 saturated heterocycles. The fourth-order valence-electron chi connectivity index (χ4n) is 1.30. The Hall–Kier alpha value is -2.10. The van der Waals surface area contributed by atoms with Crippen LogP contribution in [0.2, 0.25) is 0 Å². The summed E-state index contributed by atoms with van der Waals surface area (Å²) in [6.07, 6.45) is 2.57. The van der Waals surface area contributed by atoms with Crippen molar-refractivity contribution in [3.05, 3.63) is 41.0 Å². The van der Waals surface area contributed by atoms with Crippen molar-refractivity contribution in [1.29, 1.82) is 10.5 Å². The molecule has 0 heterocycles. The highest BCUT2D eigenvalue weighted by atomic mass is 16.5. The second-order valence-corrected chi connectivity index (χ2v) is 3.58. The van der Waals surface area contributed by atoms with Crippen molar-refractivity contribution in [3.63, 3.8) is 0 Å². The van der Waals surface area contributed by atoms with Crippen LogP contribution in [0.3, 0.4) is 0 Å². The van der Waals surface area contributed by atoms with Crippen molar-refractivity contribution in [2.75, 3.05) is 6.61 Å². The minimum absolute atomic E-state index is 0.111. The van der Waals surface area contributed by atoms with Gasteiger partial charge in [0.25, 0.3) is 0 Å².